The van der Waals surface area contributed by atoms with Gasteiger partial charge in [-0.3, -0.25) is 14.4 Å². The van der Waals surface area contributed by atoms with Crippen molar-refractivity contribution in [3.63, 3.8) is 0 Å². The molecule has 0 aliphatic heterocycles. The monoisotopic (exact) mass is 356 g/mol. The van der Waals surface area contributed by atoms with E-state index in [9.17, 15) is 19.5 Å². The number of aliphatic hydroxyl groups is 1. The third-order valence-electron chi connectivity index (χ3n) is 8.04. The Labute approximate surface area is 154 Å². The Kier molecular flexibility index (Phi) is 4.11. The van der Waals surface area contributed by atoms with Gasteiger partial charge in [-0.15, -0.1) is 0 Å². The van der Waals surface area contributed by atoms with E-state index in [-0.39, 0.29) is 45.9 Å². The van der Waals surface area contributed by atoms with Crippen molar-refractivity contribution >= 4 is 17.3 Å². The molecule has 0 saturated heterocycles. The predicted octanol–water partition coefficient (Wildman–Crippen LogP) is 3.04. The number of fused-ring (bicyclic) bond motifs is 5. The van der Waals surface area contributed by atoms with Crippen LogP contribution in [0.1, 0.15) is 52.4 Å². The van der Waals surface area contributed by atoms with Gasteiger partial charge in [-0.05, 0) is 55.1 Å². The molecule has 0 aromatic carbocycles. The van der Waals surface area contributed by atoms with E-state index in [2.05, 4.69) is 13.8 Å². The summed E-state index contributed by atoms with van der Waals surface area (Å²) < 4.78 is 0. The molecule has 1 N–H and O–H groups in total. The summed E-state index contributed by atoms with van der Waals surface area (Å²) >= 11 is 0. The van der Waals surface area contributed by atoms with E-state index >= 15 is 0 Å². The molecule has 0 spiro atoms. The molecule has 0 amide bonds. The highest BCUT2D eigenvalue weighted by molar-refractivity contribution is 6.01. The minimum Gasteiger partial charge on any atom is -0.389 e. The lowest BCUT2D eigenvalue weighted by molar-refractivity contribution is -0.156. The van der Waals surface area contributed by atoms with Crippen molar-refractivity contribution in [2.75, 3.05) is 6.61 Å². The fourth-order valence-electron chi connectivity index (χ4n) is 6.86. The molecule has 26 heavy (non-hydrogen) atoms. The van der Waals surface area contributed by atoms with Gasteiger partial charge in [0.2, 0.25) is 0 Å². The molecule has 4 heteroatoms. The normalized spacial score (nSPS) is 44.7. The van der Waals surface area contributed by atoms with Gasteiger partial charge in [-0.1, -0.05) is 31.9 Å². The van der Waals surface area contributed by atoms with E-state index in [1.807, 2.05) is 6.08 Å². The number of allylic oxidation sites excluding steroid dienone is 4. The quantitative estimate of drug-likeness (QED) is 0.825. The lowest BCUT2D eigenvalue weighted by Crippen LogP contribution is -2.58. The minimum absolute atomic E-state index is 0.0234. The van der Waals surface area contributed by atoms with Gasteiger partial charge in [0.25, 0.3) is 0 Å². The molecule has 0 radical (unpaired) electrons. The summed E-state index contributed by atoms with van der Waals surface area (Å²) in [6.45, 7) is 3.79. The van der Waals surface area contributed by atoms with Gasteiger partial charge < -0.3 is 5.11 Å². The maximum Gasteiger partial charge on any atom is 0.178 e. The Morgan fingerprint density at radius 2 is 2.00 bits per heavy atom. The van der Waals surface area contributed by atoms with Crippen LogP contribution in [0.15, 0.2) is 23.8 Å². The average Bonchev–Trinajstić information content (AvgIpc) is 2.60. The van der Waals surface area contributed by atoms with Gasteiger partial charge in [0.05, 0.1) is 0 Å². The number of carbonyl (C=O) groups is 3. The lowest BCUT2D eigenvalue weighted by Gasteiger charge is -2.59. The number of rotatable bonds is 2. The Morgan fingerprint density at radius 3 is 2.73 bits per heavy atom. The Balaban J connectivity index is 1.74. The van der Waals surface area contributed by atoms with E-state index in [1.165, 1.54) is 0 Å². The molecule has 0 heterocycles. The summed E-state index contributed by atoms with van der Waals surface area (Å²) in [5.41, 5.74) is 0.410. The first-order chi connectivity index (χ1) is 12.3. The third-order valence-corrected chi connectivity index (χ3v) is 8.04. The smallest absolute Gasteiger partial charge is 0.178 e. The molecular formula is C22H28O4. The summed E-state index contributed by atoms with van der Waals surface area (Å²) in [6, 6.07) is 0. The highest BCUT2D eigenvalue weighted by Crippen LogP contribution is 2.63. The molecule has 6 atom stereocenters. The molecule has 3 saturated carbocycles. The number of hydrogen-bond donors (Lipinski definition) is 1. The first-order valence-electron chi connectivity index (χ1n) is 9.92. The minimum atomic E-state index is -0.426. The molecule has 3 fully saturated rings. The standard InChI is InChI=1S/C22H28O4/c1-21-9-8-14(24)10-13(21)6-7-15-16-4-3-5-17(19(26)12-23)22(16,2)11-18(25)20(15)21/h8-10,15-17,20,23H,3-7,11-12H2,1-2H3/t15?,16-,17?,20+,21?,22?/m0/s1. The van der Waals surface area contributed by atoms with Gasteiger partial charge >= 0.3 is 0 Å². The summed E-state index contributed by atoms with van der Waals surface area (Å²) in [4.78, 5) is 37.6. The number of Topliss-reactive ketones (excluding diaryl/α,β-unsaturated/α-hetero) is 2. The topological polar surface area (TPSA) is 71.4 Å². The van der Waals surface area contributed by atoms with Crippen molar-refractivity contribution in [2.45, 2.75) is 52.4 Å². The van der Waals surface area contributed by atoms with Crippen molar-refractivity contribution in [3.05, 3.63) is 23.8 Å². The average molecular weight is 356 g/mol. The second kappa shape index (κ2) is 5.98. The number of aliphatic hydroxyl groups excluding tert-OH is 1. The second-order valence-corrected chi connectivity index (χ2v) is 9.23. The number of carbonyl (C=O) groups excluding carboxylic acids is 3. The molecule has 0 aromatic rings. The van der Waals surface area contributed by atoms with E-state index in [4.69, 9.17) is 0 Å². The van der Waals surface area contributed by atoms with Gasteiger partial charge in [0.15, 0.2) is 11.6 Å². The first kappa shape index (κ1) is 17.8. The number of ketones is 3. The lowest BCUT2D eigenvalue weighted by atomic mass is 9.43. The molecule has 0 aromatic heterocycles. The van der Waals surface area contributed by atoms with Crippen LogP contribution in [0.5, 0.6) is 0 Å². The predicted molar refractivity (Wildman–Crippen MR) is 97.2 cm³/mol. The highest BCUT2D eigenvalue weighted by atomic mass is 16.3. The Bertz CT molecular complexity index is 732. The first-order valence-corrected chi connectivity index (χ1v) is 9.92. The third kappa shape index (κ3) is 2.34. The van der Waals surface area contributed by atoms with E-state index in [0.29, 0.717) is 12.3 Å². The second-order valence-electron chi connectivity index (χ2n) is 9.23. The van der Waals surface area contributed by atoms with E-state index < -0.39 is 6.61 Å². The zero-order chi connectivity index (χ0) is 18.7. The summed E-state index contributed by atoms with van der Waals surface area (Å²) in [5, 5.41) is 9.43. The van der Waals surface area contributed by atoms with Gasteiger partial charge in [0.1, 0.15) is 12.4 Å². The molecule has 4 nitrogen and oxygen atoms in total. The van der Waals surface area contributed by atoms with E-state index in [0.717, 1.165) is 37.7 Å². The SMILES string of the molecule is CC12C=CC(=O)C=C1CCC1[C@@H]2C(=O)CC2(C)C(C(=O)CO)CCC[C@@H]12. The highest BCUT2D eigenvalue weighted by Gasteiger charge is 2.61. The molecule has 140 valence electrons. The Morgan fingerprint density at radius 1 is 1.23 bits per heavy atom. The van der Waals surface area contributed by atoms with Crippen LogP contribution in [0.25, 0.3) is 0 Å². The molecule has 4 aliphatic rings. The van der Waals surface area contributed by atoms with Crippen LogP contribution in [-0.4, -0.2) is 29.1 Å². The fourth-order valence-corrected chi connectivity index (χ4v) is 6.86. The zero-order valence-corrected chi connectivity index (χ0v) is 15.7. The van der Waals surface area contributed by atoms with Crippen LogP contribution in [0.2, 0.25) is 0 Å². The van der Waals surface area contributed by atoms with Crippen LogP contribution >= 0.6 is 0 Å². The van der Waals surface area contributed by atoms with Crippen LogP contribution < -0.4 is 0 Å². The molecule has 4 rings (SSSR count). The molecule has 4 aliphatic carbocycles. The maximum absolute atomic E-state index is 13.4. The largest absolute Gasteiger partial charge is 0.389 e. The van der Waals surface area contributed by atoms with Crippen LogP contribution in [0.4, 0.5) is 0 Å². The zero-order valence-electron chi connectivity index (χ0n) is 15.7. The van der Waals surface area contributed by atoms with Crippen LogP contribution in [0.3, 0.4) is 0 Å². The van der Waals surface area contributed by atoms with Crippen molar-refractivity contribution < 1.29 is 19.5 Å². The van der Waals surface area contributed by atoms with Gasteiger partial charge in [-0.2, -0.15) is 0 Å². The van der Waals surface area contributed by atoms with Crippen molar-refractivity contribution in [3.8, 4) is 0 Å². The van der Waals surface area contributed by atoms with Crippen LogP contribution in [0, 0.1) is 34.5 Å². The fraction of sp³-hybridized carbons (Fsp3) is 0.682. The summed E-state index contributed by atoms with van der Waals surface area (Å²) in [5.74, 6) is 0.458. The maximum atomic E-state index is 13.4. The van der Waals surface area contributed by atoms with Crippen LogP contribution in [-0.2, 0) is 14.4 Å². The van der Waals surface area contributed by atoms with Crippen molar-refractivity contribution in [1.82, 2.24) is 0 Å². The molecule has 4 unspecified atom stereocenters. The molecular weight excluding hydrogens is 328 g/mol. The van der Waals surface area contributed by atoms with E-state index in [1.54, 1.807) is 12.2 Å². The van der Waals surface area contributed by atoms with Crippen molar-refractivity contribution in [1.29, 1.82) is 0 Å². The summed E-state index contributed by atoms with van der Waals surface area (Å²) in [6.07, 6.45) is 10.3. The van der Waals surface area contributed by atoms with Gasteiger partial charge in [0, 0.05) is 23.7 Å². The molecule has 0 bridgehead atoms. The summed E-state index contributed by atoms with van der Waals surface area (Å²) in [7, 11) is 0. The Hall–Kier alpha value is -1.55. The van der Waals surface area contributed by atoms with Gasteiger partial charge in [-0.25, -0.2) is 0 Å². The van der Waals surface area contributed by atoms with Crippen molar-refractivity contribution in [2.24, 2.45) is 34.5 Å². The number of hydrogen-bond acceptors (Lipinski definition) is 4.